The molecule has 162 valence electrons. The number of para-hydroxylation sites is 1. The number of carbonyl (C=O) groups excluding carboxylic acids is 2. The standard InChI is InChI=1S/C24H28N4O3/c1-17-22(18(2)28(26-17)20-8-6-5-7-9-20)14-15-24(30)27(3)16-23(29)25-19-10-12-21(31-4)13-11-19/h5-13H,14-16H2,1-4H3,(H,25,29). The van der Waals surface area contributed by atoms with E-state index < -0.39 is 0 Å². The molecule has 31 heavy (non-hydrogen) atoms. The third kappa shape index (κ3) is 5.51. The quantitative estimate of drug-likeness (QED) is 0.605. The van der Waals surface area contributed by atoms with Crippen LogP contribution in [0.15, 0.2) is 54.6 Å². The fourth-order valence-electron chi connectivity index (χ4n) is 3.46. The molecule has 0 bridgehead atoms. The highest BCUT2D eigenvalue weighted by Gasteiger charge is 2.17. The van der Waals surface area contributed by atoms with Gasteiger partial charge in [0.15, 0.2) is 0 Å². The summed E-state index contributed by atoms with van der Waals surface area (Å²) in [6.45, 7) is 3.96. The number of aryl methyl sites for hydroxylation is 1. The van der Waals surface area contributed by atoms with Crippen LogP contribution in [0.1, 0.15) is 23.4 Å². The molecular weight excluding hydrogens is 392 g/mol. The summed E-state index contributed by atoms with van der Waals surface area (Å²) in [5, 5.41) is 7.42. The largest absolute Gasteiger partial charge is 0.497 e. The van der Waals surface area contributed by atoms with Gasteiger partial charge in [0.2, 0.25) is 11.8 Å². The van der Waals surface area contributed by atoms with Crippen molar-refractivity contribution in [1.29, 1.82) is 0 Å². The number of carbonyl (C=O) groups is 2. The molecule has 7 nitrogen and oxygen atoms in total. The number of nitrogens with one attached hydrogen (secondary N) is 1. The van der Waals surface area contributed by atoms with Crippen molar-refractivity contribution in [3.8, 4) is 11.4 Å². The number of amides is 2. The molecule has 0 fully saturated rings. The second-order valence-electron chi connectivity index (χ2n) is 7.42. The summed E-state index contributed by atoms with van der Waals surface area (Å²) in [6.07, 6.45) is 0.891. The van der Waals surface area contributed by atoms with Gasteiger partial charge in [0.05, 0.1) is 25.0 Å². The van der Waals surface area contributed by atoms with Gasteiger partial charge in [-0.25, -0.2) is 4.68 Å². The van der Waals surface area contributed by atoms with E-state index >= 15 is 0 Å². The number of aromatic nitrogens is 2. The summed E-state index contributed by atoms with van der Waals surface area (Å²) in [6, 6.07) is 17.0. The van der Waals surface area contributed by atoms with Crippen LogP contribution in [0, 0.1) is 13.8 Å². The van der Waals surface area contributed by atoms with Crippen LogP contribution in [0.2, 0.25) is 0 Å². The molecular formula is C24H28N4O3. The van der Waals surface area contributed by atoms with Crippen molar-refractivity contribution in [2.75, 3.05) is 26.0 Å². The third-order valence-electron chi connectivity index (χ3n) is 5.21. The average Bonchev–Trinajstić information content (AvgIpc) is 3.06. The summed E-state index contributed by atoms with van der Waals surface area (Å²) in [5.74, 6) is 0.382. The Morgan fingerprint density at radius 2 is 1.74 bits per heavy atom. The highest BCUT2D eigenvalue weighted by atomic mass is 16.5. The van der Waals surface area contributed by atoms with E-state index in [9.17, 15) is 9.59 Å². The first kappa shape index (κ1) is 22.1. The van der Waals surface area contributed by atoms with Crippen molar-refractivity contribution in [2.24, 2.45) is 0 Å². The van der Waals surface area contributed by atoms with Gasteiger partial charge in [-0.05, 0) is 62.2 Å². The Hall–Kier alpha value is -3.61. The Morgan fingerprint density at radius 1 is 1.06 bits per heavy atom. The van der Waals surface area contributed by atoms with Crippen LogP contribution < -0.4 is 10.1 Å². The van der Waals surface area contributed by atoms with E-state index in [2.05, 4.69) is 10.4 Å². The normalized spacial score (nSPS) is 10.6. The summed E-state index contributed by atoms with van der Waals surface area (Å²) in [4.78, 5) is 26.3. The Morgan fingerprint density at radius 3 is 2.39 bits per heavy atom. The van der Waals surface area contributed by atoms with Crippen molar-refractivity contribution in [3.05, 3.63) is 71.5 Å². The topological polar surface area (TPSA) is 76.5 Å². The number of anilines is 1. The highest BCUT2D eigenvalue weighted by Crippen LogP contribution is 2.19. The van der Waals surface area contributed by atoms with E-state index in [1.807, 2.05) is 48.9 Å². The average molecular weight is 421 g/mol. The van der Waals surface area contributed by atoms with E-state index in [0.29, 0.717) is 24.3 Å². The number of rotatable bonds is 8. The van der Waals surface area contributed by atoms with Gasteiger partial charge in [-0.3, -0.25) is 9.59 Å². The molecule has 2 amide bonds. The van der Waals surface area contributed by atoms with Crippen LogP contribution >= 0.6 is 0 Å². The molecule has 1 N–H and O–H groups in total. The maximum absolute atomic E-state index is 12.6. The molecule has 2 aromatic carbocycles. The lowest BCUT2D eigenvalue weighted by Gasteiger charge is -2.17. The summed E-state index contributed by atoms with van der Waals surface area (Å²) in [7, 11) is 3.23. The van der Waals surface area contributed by atoms with Gasteiger partial charge >= 0.3 is 0 Å². The zero-order valence-electron chi connectivity index (χ0n) is 18.4. The predicted octanol–water partition coefficient (Wildman–Crippen LogP) is 3.53. The van der Waals surface area contributed by atoms with Crippen molar-refractivity contribution < 1.29 is 14.3 Å². The van der Waals surface area contributed by atoms with Crippen molar-refractivity contribution in [2.45, 2.75) is 26.7 Å². The summed E-state index contributed by atoms with van der Waals surface area (Å²) >= 11 is 0. The fourth-order valence-corrected chi connectivity index (χ4v) is 3.46. The molecule has 0 aliphatic heterocycles. The van der Waals surface area contributed by atoms with Gasteiger partial charge < -0.3 is 15.0 Å². The van der Waals surface area contributed by atoms with Crippen molar-refractivity contribution in [1.82, 2.24) is 14.7 Å². The minimum atomic E-state index is -0.245. The van der Waals surface area contributed by atoms with Gasteiger partial charge in [0.1, 0.15) is 5.75 Å². The van der Waals surface area contributed by atoms with Gasteiger partial charge in [-0.1, -0.05) is 18.2 Å². The Bertz CT molecular complexity index is 1040. The minimum absolute atomic E-state index is 0.00783. The molecule has 0 atom stereocenters. The molecule has 0 aliphatic carbocycles. The smallest absolute Gasteiger partial charge is 0.243 e. The van der Waals surface area contributed by atoms with Gasteiger partial charge in [-0.2, -0.15) is 5.10 Å². The first-order valence-electron chi connectivity index (χ1n) is 10.2. The van der Waals surface area contributed by atoms with E-state index in [-0.39, 0.29) is 18.4 Å². The van der Waals surface area contributed by atoms with Crippen LogP contribution in [-0.4, -0.2) is 47.2 Å². The lowest BCUT2D eigenvalue weighted by atomic mass is 10.1. The zero-order chi connectivity index (χ0) is 22.4. The fraction of sp³-hybridized carbons (Fsp3) is 0.292. The second kappa shape index (κ2) is 9.93. The van der Waals surface area contributed by atoms with Crippen LogP contribution in [0.4, 0.5) is 5.69 Å². The molecule has 3 aromatic rings. The number of benzene rings is 2. The maximum atomic E-state index is 12.6. The zero-order valence-corrected chi connectivity index (χ0v) is 18.4. The molecule has 0 aliphatic rings. The number of methoxy groups -OCH3 is 1. The second-order valence-corrected chi connectivity index (χ2v) is 7.42. The summed E-state index contributed by atoms with van der Waals surface area (Å²) in [5.41, 5.74) is 4.65. The van der Waals surface area contributed by atoms with E-state index in [1.54, 1.807) is 38.4 Å². The molecule has 3 rings (SSSR count). The van der Waals surface area contributed by atoms with Crippen LogP contribution in [0.25, 0.3) is 5.69 Å². The van der Waals surface area contributed by atoms with Gasteiger partial charge in [-0.15, -0.1) is 0 Å². The van der Waals surface area contributed by atoms with Crippen LogP contribution in [-0.2, 0) is 16.0 Å². The minimum Gasteiger partial charge on any atom is -0.497 e. The number of hydrogen-bond donors (Lipinski definition) is 1. The predicted molar refractivity (Wildman–Crippen MR) is 121 cm³/mol. The monoisotopic (exact) mass is 420 g/mol. The SMILES string of the molecule is COc1ccc(NC(=O)CN(C)C(=O)CCc2c(C)nn(-c3ccccc3)c2C)cc1. The molecule has 0 saturated carbocycles. The van der Waals surface area contributed by atoms with Crippen molar-refractivity contribution >= 4 is 17.5 Å². The Kier molecular flexibility index (Phi) is 7.07. The molecule has 7 heteroatoms. The maximum Gasteiger partial charge on any atom is 0.243 e. The van der Waals surface area contributed by atoms with Crippen LogP contribution in [0.3, 0.4) is 0 Å². The van der Waals surface area contributed by atoms with Gasteiger partial charge in [0.25, 0.3) is 0 Å². The van der Waals surface area contributed by atoms with E-state index in [0.717, 1.165) is 22.6 Å². The third-order valence-corrected chi connectivity index (χ3v) is 5.21. The highest BCUT2D eigenvalue weighted by molar-refractivity contribution is 5.94. The number of hydrogen-bond acceptors (Lipinski definition) is 4. The molecule has 1 aromatic heterocycles. The first-order chi connectivity index (χ1) is 14.9. The molecule has 0 unspecified atom stereocenters. The van der Waals surface area contributed by atoms with Crippen LogP contribution in [0.5, 0.6) is 5.75 Å². The van der Waals surface area contributed by atoms with Crippen molar-refractivity contribution in [3.63, 3.8) is 0 Å². The molecule has 0 radical (unpaired) electrons. The number of ether oxygens (including phenoxy) is 1. The number of likely N-dealkylation sites (N-methyl/N-ethyl adjacent to an activating group) is 1. The molecule has 1 heterocycles. The Balaban J connectivity index is 1.55. The van der Waals surface area contributed by atoms with E-state index in [1.165, 1.54) is 4.90 Å². The Labute approximate surface area is 182 Å². The summed E-state index contributed by atoms with van der Waals surface area (Å²) < 4.78 is 7.01. The lowest BCUT2D eigenvalue weighted by Crippen LogP contribution is -2.35. The molecule has 0 saturated heterocycles. The van der Waals surface area contributed by atoms with E-state index in [4.69, 9.17) is 4.74 Å². The molecule has 0 spiro atoms. The lowest BCUT2D eigenvalue weighted by molar-refractivity contribution is -0.133. The first-order valence-corrected chi connectivity index (χ1v) is 10.2. The number of nitrogens with zero attached hydrogens (tertiary/aromatic N) is 3. The van der Waals surface area contributed by atoms with Gasteiger partial charge in [0, 0.05) is 24.8 Å².